The number of aliphatic hydroxyl groups is 1. The molecule has 0 aromatic heterocycles. The molecule has 0 bridgehead atoms. The summed E-state index contributed by atoms with van der Waals surface area (Å²) in [6.45, 7) is 2.40. The normalized spacial score (nSPS) is 14.5. The highest BCUT2D eigenvalue weighted by atomic mass is 16.7. The lowest BCUT2D eigenvalue weighted by Crippen LogP contribution is -2.12. The van der Waals surface area contributed by atoms with Crippen molar-refractivity contribution < 1.29 is 24.1 Å². The van der Waals surface area contributed by atoms with Gasteiger partial charge in [-0.25, -0.2) is 0 Å². The van der Waals surface area contributed by atoms with Gasteiger partial charge in [-0.3, -0.25) is 4.79 Å². The quantitative estimate of drug-likeness (QED) is 0.782. The summed E-state index contributed by atoms with van der Waals surface area (Å²) in [4.78, 5) is 10.9. The SMILES string of the molecule is CC(CO)COc1cc2c(cc1C=O)OCO2. The van der Waals surface area contributed by atoms with E-state index in [2.05, 4.69) is 0 Å². The van der Waals surface area contributed by atoms with Crippen molar-refractivity contribution in [3.8, 4) is 17.2 Å². The van der Waals surface area contributed by atoms with Crippen LogP contribution in [-0.2, 0) is 0 Å². The molecule has 1 unspecified atom stereocenters. The van der Waals surface area contributed by atoms with Crippen LogP contribution in [0.15, 0.2) is 12.1 Å². The molecular formula is C12H14O5. The number of fused-ring (bicyclic) bond motifs is 1. The van der Waals surface area contributed by atoms with Crippen LogP contribution >= 0.6 is 0 Å². The van der Waals surface area contributed by atoms with Gasteiger partial charge in [0.05, 0.1) is 12.2 Å². The number of aldehydes is 1. The van der Waals surface area contributed by atoms with Crippen LogP contribution < -0.4 is 14.2 Å². The average Bonchev–Trinajstić information content (AvgIpc) is 2.81. The number of carbonyl (C=O) groups is 1. The summed E-state index contributed by atoms with van der Waals surface area (Å²) in [6.07, 6.45) is 0.709. The first-order chi connectivity index (χ1) is 8.24. The smallest absolute Gasteiger partial charge is 0.231 e. The van der Waals surface area contributed by atoms with Gasteiger partial charge in [-0.15, -0.1) is 0 Å². The van der Waals surface area contributed by atoms with Crippen molar-refractivity contribution in [2.75, 3.05) is 20.0 Å². The van der Waals surface area contributed by atoms with Crippen LogP contribution in [0.25, 0.3) is 0 Å². The molecule has 1 aromatic rings. The van der Waals surface area contributed by atoms with Crippen LogP contribution in [0.2, 0.25) is 0 Å². The third-order valence-corrected chi connectivity index (χ3v) is 2.47. The molecular weight excluding hydrogens is 224 g/mol. The largest absolute Gasteiger partial charge is 0.492 e. The van der Waals surface area contributed by atoms with Crippen LogP contribution in [0, 0.1) is 5.92 Å². The predicted octanol–water partition coefficient (Wildman–Crippen LogP) is 1.23. The number of aliphatic hydroxyl groups excluding tert-OH is 1. The lowest BCUT2D eigenvalue weighted by molar-refractivity contribution is 0.111. The van der Waals surface area contributed by atoms with Crippen LogP contribution in [0.3, 0.4) is 0 Å². The molecule has 0 radical (unpaired) electrons. The molecule has 1 aromatic carbocycles. The Bertz CT molecular complexity index is 416. The molecule has 1 N–H and O–H groups in total. The maximum Gasteiger partial charge on any atom is 0.231 e. The van der Waals surface area contributed by atoms with Crippen molar-refractivity contribution in [1.29, 1.82) is 0 Å². The number of hydrogen-bond donors (Lipinski definition) is 1. The first-order valence-electron chi connectivity index (χ1n) is 5.37. The average molecular weight is 238 g/mol. The number of ether oxygens (including phenoxy) is 3. The molecule has 0 saturated carbocycles. The van der Waals surface area contributed by atoms with Gasteiger partial charge >= 0.3 is 0 Å². The second kappa shape index (κ2) is 5.05. The van der Waals surface area contributed by atoms with Gasteiger partial charge in [0.15, 0.2) is 17.8 Å². The summed E-state index contributed by atoms with van der Waals surface area (Å²) in [6, 6.07) is 3.23. The summed E-state index contributed by atoms with van der Waals surface area (Å²) >= 11 is 0. The van der Waals surface area contributed by atoms with Crippen molar-refractivity contribution in [2.24, 2.45) is 5.92 Å². The summed E-state index contributed by atoms with van der Waals surface area (Å²) in [7, 11) is 0. The van der Waals surface area contributed by atoms with Gasteiger partial charge in [-0.05, 0) is 6.07 Å². The predicted molar refractivity (Wildman–Crippen MR) is 59.7 cm³/mol. The van der Waals surface area contributed by atoms with Crippen LogP contribution in [-0.4, -0.2) is 31.4 Å². The zero-order chi connectivity index (χ0) is 12.3. The monoisotopic (exact) mass is 238 g/mol. The molecule has 1 heterocycles. The second-order valence-corrected chi connectivity index (χ2v) is 3.96. The van der Waals surface area contributed by atoms with E-state index in [1.54, 1.807) is 12.1 Å². The van der Waals surface area contributed by atoms with Crippen LogP contribution in [0.5, 0.6) is 17.2 Å². The Morgan fingerprint density at radius 2 is 2.18 bits per heavy atom. The summed E-state index contributed by atoms with van der Waals surface area (Å²) in [5.41, 5.74) is 0.416. The zero-order valence-electron chi connectivity index (χ0n) is 9.51. The Morgan fingerprint density at radius 3 is 2.82 bits per heavy atom. The molecule has 0 aliphatic carbocycles. The molecule has 5 nitrogen and oxygen atoms in total. The van der Waals surface area contributed by atoms with Crippen molar-refractivity contribution in [2.45, 2.75) is 6.92 Å². The van der Waals surface area contributed by atoms with E-state index in [4.69, 9.17) is 19.3 Å². The lowest BCUT2D eigenvalue weighted by atomic mass is 10.2. The van der Waals surface area contributed by atoms with E-state index in [-0.39, 0.29) is 19.3 Å². The number of rotatable bonds is 5. The fourth-order valence-corrected chi connectivity index (χ4v) is 1.44. The van der Waals surface area contributed by atoms with E-state index in [1.807, 2.05) is 6.92 Å². The maximum absolute atomic E-state index is 10.9. The minimum Gasteiger partial charge on any atom is -0.492 e. The minimum absolute atomic E-state index is 0.0138. The van der Waals surface area contributed by atoms with E-state index in [0.29, 0.717) is 35.7 Å². The molecule has 0 fully saturated rings. The number of benzene rings is 1. The number of carbonyl (C=O) groups excluding carboxylic acids is 1. The van der Waals surface area contributed by atoms with E-state index in [1.165, 1.54) is 0 Å². The van der Waals surface area contributed by atoms with Gasteiger partial charge in [-0.1, -0.05) is 6.92 Å². The summed E-state index contributed by atoms with van der Waals surface area (Å²) in [5, 5.41) is 8.90. The Balaban J connectivity index is 2.17. The molecule has 1 atom stereocenters. The third kappa shape index (κ3) is 2.50. The summed E-state index contributed by atoms with van der Waals surface area (Å²) < 4.78 is 15.8. The van der Waals surface area contributed by atoms with Crippen molar-refractivity contribution >= 4 is 6.29 Å². The molecule has 2 rings (SSSR count). The Labute approximate surface area is 98.9 Å². The first-order valence-corrected chi connectivity index (χ1v) is 5.37. The molecule has 0 spiro atoms. The fourth-order valence-electron chi connectivity index (χ4n) is 1.44. The van der Waals surface area contributed by atoms with Gasteiger partial charge in [0.2, 0.25) is 6.79 Å². The van der Waals surface area contributed by atoms with Gasteiger partial charge in [0.1, 0.15) is 5.75 Å². The standard InChI is InChI=1S/C12H14O5/c1-8(4-13)6-15-10-3-12-11(16-7-17-12)2-9(10)5-14/h2-3,5,8,13H,4,6-7H2,1H3. The maximum atomic E-state index is 10.9. The van der Waals surface area contributed by atoms with Crippen molar-refractivity contribution in [1.82, 2.24) is 0 Å². The highest BCUT2D eigenvalue weighted by Crippen LogP contribution is 2.37. The first kappa shape index (κ1) is 11.7. The van der Waals surface area contributed by atoms with Crippen LogP contribution in [0.4, 0.5) is 0 Å². The highest BCUT2D eigenvalue weighted by Gasteiger charge is 2.18. The Morgan fingerprint density at radius 1 is 1.47 bits per heavy atom. The minimum atomic E-state index is 0.0138. The third-order valence-electron chi connectivity index (χ3n) is 2.47. The van der Waals surface area contributed by atoms with E-state index in [9.17, 15) is 4.79 Å². The molecule has 17 heavy (non-hydrogen) atoms. The van der Waals surface area contributed by atoms with E-state index >= 15 is 0 Å². The molecule has 0 amide bonds. The Kier molecular flexibility index (Phi) is 3.49. The van der Waals surface area contributed by atoms with Gasteiger partial charge in [0.25, 0.3) is 0 Å². The molecule has 5 heteroatoms. The fraction of sp³-hybridized carbons (Fsp3) is 0.417. The highest BCUT2D eigenvalue weighted by molar-refractivity contribution is 5.81. The van der Waals surface area contributed by atoms with Crippen LogP contribution in [0.1, 0.15) is 17.3 Å². The molecule has 0 saturated heterocycles. The van der Waals surface area contributed by atoms with Crippen molar-refractivity contribution in [3.63, 3.8) is 0 Å². The molecule has 1 aliphatic heterocycles. The molecule has 92 valence electrons. The second-order valence-electron chi connectivity index (χ2n) is 3.96. The van der Waals surface area contributed by atoms with Crippen molar-refractivity contribution in [3.05, 3.63) is 17.7 Å². The Hall–Kier alpha value is -1.75. The van der Waals surface area contributed by atoms with Gasteiger partial charge in [0, 0.05) is 18.6 Å². The topological polar surface area (TPSA) is 65.0 Å². The van der Waals surface area contributed by atoms with E-state index in [0.717, 1.165) is 0 Å². The lowest BCUT2D eigenvalue weighted by Gasteiger charge is -2.12. The molecule has 1 aliphatic rings. The van der Waals surface area contributed by atoms with E-state index < -0.39 is 0 Å². The van der Waals surface area contributed by atoms with Gasteiger partial charge in [-0.2, -0.15) is 0 Å². The zero-order valence-corrected chi connectivity index (χ0v) is 9.51. The number of hydrogen-bond acceptors (Lipinski definition) is 5. The van der Waals surface area contributed by atoms with Gasteiger partial charge < -0.3 is 19.3 Å². The summed E-state index contributed by atoms with van der Waals surface area (Å²) in [5.74, 6) is 1.58.